The van der Waals surface area contributed by atoms with Crippen molar-refractivity contribution in [2.24, 2.45) is 5.92 Å². The maximum absolute atomic E-state index is 5.60. The third-order valence-corrected chi connectivity index (χ3v) is 2.22. The smallest absolute Gasteiger partial charge is 0.216 e. The largest absolute Gasteiger partial charge is 0.475 e. The fraction of sp³-hybridized carbons (Fsp3) is 0.615. The van der Waals surface area contributed by atoms with Gasteiger partial charge in [-0.25, -0.2) is 4.98 Å². The summed E-state index contributed by atoms with van der Waals surface area (Å²) in [5.41, 5.74) is 2.36. The van der Waals surface area contributed by atoms with E-state index in [2.05, 4.69) is 31.8 Å². The SMILES string of the molecule is COCCOc1ncc(C)cc1CC(C)C. The van der Waals surface area contributed by atoms with Crippen molar-refractivity contribution in [2.75, 3.05) is 20.3 Å². The second-order valence-corrected chi connectivity index (χ2v) is 4.42. The predicted molar refractivity (Wildman–Crippen MR) is 64.9 cm³/mol. The molecule has 0 N–H and O–H groups in total. The summed E-state index contributed by atoms with van der Waals surface area (Å²) in [5.74, 6) is 1.35. The van der Waals surface area contributed by atoms with Gasteiger partial charge in [0.2, 0.25) is 5.88 Å². The van der Waals surface area contributed by atoms with Crippen LogP contribution in [0.3, 0.4) is 0 Å². The lowest BCUT2D eigenvalue weighted by atomic mass is 10.0. The van der Waals surface area contributed by atoms with Crippen molar-refractivity contribution in [3.8, 4) is 5.88 Å². The van der Waals surface area contributed by atoms with Crippen LogP contribution < -0.4 is 4.74 Å². The van der Waals surface area contributed by atoms with Gasteiger partial charge in [0.25, 0.3) is 0 Å². The van der Waals surface area contributed by atoms with E-state index in [1.165, 1.54) is 11.1 Å². The first kappa shape index (κ1) is 13.0. The molecule has 1 heterocycles. The van der Waals surface area contributed by atoms with Crippen LogP contribution in [0.4, 0.5) is 0 Å². The third-order valence-electron chi connectivity index (χ3n) is 2.22. The third kappa shape index (κ3) is 4.19. The van der Waals surface area contributed by atoms with Crippen LogP contribution in [-0.2, 0) is 11.2 Å². The van der Waals surface area contributed by atoms with Gasteiger partial charge in [-0.15, -0.1) is 0 Å². The molecular weight excluding hydrogens is 202 g/mol. The van der Waals surface area contributed by atoms with Gasteiger partial charge in [-0.3, -0.25) is 0 Å². The molecule has 0 aromatic carbocycles. The predicted octanol–water partition coefficient (Wildman–Crippen LogP) is 2.61. The molecule has 3 nitrogen and oxygen atoms in total. The van der Waals surface area contributed by atoms with E-state index >= 15 is 0 Å². The number of pyridine rings is 1. The number of methoxy groups -OCH3 is 1. The molecule has 0 fully saturated rings. The fourth-order valence-corrected chi connectivity index (χ4v) is 1.55. The summed E-state index contributed by atoms with van der Waals surface area (Å²) in [6.45, 7) is 7.59. The van der Waals surface area contributed by atoms with Crippen molar-refractivity contribution >= 4 is 0 Å². The van der Waals surface area contributed by atoms with Crippen LogP contribution in [0.2, 0.25) is 0 Å². The second kappa shape index (κ2) is 6.48. The van der Waals surface area contributed by atoms with Gasteiger partial charge in [0.15, 0.2) is 0 Å². The Hall–Kier alpha value is -1.09. The first-order chi connectivity index (χ1) is 7.63. The maximum Gasteiger partial charge on any atom is 0.216 e. The molecule has 0 atom stereocenters. The van der Waals surface area contributed by atoms with Gasteiger partial charge >= 0.3 is 0 Å². The van der Waals surface area contributed by atoms with Gasteiger partial charge in [0.1, 0.15) is 6.61 Å². The number of aryl methyl sites for hydroxylation is 1. The molecule has 1 aromatic heterocycles. The zero-order valence-corrected chi connectivity index (χ0v) is 10.6. The molecule has 0 spiro atoms. The molecule has 0 bridgehead atoms. The molecular formula is C13H21NO2. The lowest BCUT2D eigenvalue weighted by molar-refractivity contribution is 0.143. The Morgan fingerprint density at radius 2 is 2.06 bits per heavy atom. The van der Waals surface area contributed by atoms with E-state index in [4.69, 9.17) is 9.47 Å². The Labute approximate surface area is 97.8 Å². The molecule has 0 aliphatic heterocycles. The highest BCUT2D eigenvalue weighted by molar-refractivity contribution is 5.29. The first-order valence-electron chi connectivity index (χ1n) is 5.70. The van der Waals surface area contributed by atoms with Gasteiger partial charge in [0, 0.05) is 18.9 Å². The van der Waals surface area contributed by atoms with E-state index in [0.29, 0.717) is 19.1 Å². The number of hydrogen-bond donors (Lipinski definition) is 0. The monoisotopic (exact) mass is 223 g/mol. The summed E-state index contributed by atoms with van der Waals surface area (Å²) in [7, 11) is 1.67. The number of rotatable bonds is 6. The summed E-state index contributed by atoms with van der Waals surface area (Å²) in [6.07, 6.45) is 2.84. The molecule has 0 unspecified atom stereocenters. The first-order valence-corrected chi connectivity index (χ1v) is 5.70. The number of nitrogens with zero attached hydrogens (tertiary/aromatic N) is 1. The lowest BCUT2D eigenvalue weighted by Crippen LogP contribution is -2.08. The standard InChI is InChI=1S/C13H21NO2/c1-10(2)7-12-8-11(3)9-14-13(12)16-6-5-15-4/h8-10H,5-7H2,1-4H3. The van der Waals surface area contributed by atoms with Crippen LogP contribution in [0.1, 0.15) is 25.0 Å². The van der Waals surface area contributed by atoms with Gasteiger partial charge in [0.05, 0.1) is 6.61 Å². The van der Waals surface area contributed by atoms with Crippen molar-refractivity contribution in [1.82, 2.24) is 4.98 Å². The molecule has 0 radical (unpaired) electrons. The van der Waals surface area contributed by atoms with Crippen molar-refractivity contribution in [3.63, 3.8) is 0 Å². The quantitative estimate of drug-likeness (QED) is 0.695. The van der Waals surface area contributed by atoms with Crippen LogP contribution >= 0.6 is 0 Å². The minimum absolute atomic E-state index is 0.553. The maximum atomic E-state index is 5.60. The van der Waals surface area contributed by atoms with E-state index in [0.717, 1.165) is 12.3 Å². The molecule has 16 heavy (non-hydrogen) atoms. The molecule has 1 rings (SSSR count). The summed E-state index contributed by atoms with van der Waals surface area (Å²) in [4.78, 5) is 4.33. The molecule has 1 aromatic rings. The van der Waals surface area contributed by atoms with Gasteiger partial charge in [-0.1, -0.05) is 13.8 Å². The molecule has 90 valence electrons. The minimum Gasteiger partial charge on any atom is -0.475 e. The number of hydrogen-bond acceptors (Lipinski definition) is 3. The van der Waals surface area contributed by atoms with Crippen LogP contribution in [0, 0.1) is 12.8 Å². The fourth-order valence-electron chi connectivity index (χ4n) is 1.55. The Kier molecular flexibility index (Phi) is 5.26. The van der Waals surface area contributed by atoms with Crippen molar-refractivity contribution in [1.29, 1.82) is 0 Å². The summed E-state index contributed by atoms with van der Waals surface area (Å²) in [5, 5.41) is 0. The summed E-state index contributed by atoms with van der Waals surface area (Å²) in [6, 6.07) is 2.15. The molecule has 0 aliphatic rings. The van der Waals surface area contributed by atoms with E-state index < -0.39 is 0 Å². The van der Waals surface area contributed by atoms with Crippen LogP contribution in [0.5, 0.6) is 5.88 Å². The zero-order chi connectivity index (χ0) is 12.0. The van der Waals surface area contributed by atoms with Gasteiger partial charge < -0.3 is 9.47 Å². The Balaban J connectivity index is 2.72. The van der Waals surface area contributed by atoms with Crippen LogP contribution in [-0.4, -0.2) is 25.3 Å². The van der Waals surface area contributed by atoms with E-state index in [9.17, 15) is 0 Å². The highest BCUT2D eigenvalue weighted by Gasteiger charge is 2.07. The Bertz CT molecular complexity index is 324. The van der Waals surface area contributed by atoms with E-state index in [1.54, 1.807) is 7.11 Å². The van der Waals surface area contributed by atoms with Crippen molar-refractivity contribution in [3.05, 3.63) is 23.4 Å². The van der Waals surface area contributed by atoms with Crippen molar-refractivity contribution in [2.45, 2.75) is 27.2 Å². The Morgan fingerprint density at radius 3 is 2.69 bits per heavy atom. The highest BCUT2D eigenvalue weighted by Crippen LogP contribution is 2.20. The topological polar surface area (TPSA) is 31.4 Å². The lowest BCUT2D eigenvalue weighted by Gasteiger charge is -2.12. The normalized spacial score (nSPS) is 10.8. The highest BCUT2D eigenvalue weighted by atomic mass is 16.5. The van der Waals surface area contributed by atoms with Crippen molar-refractivity contribution < 1.29 is 9.47 Å². The Morgan fingerprint density at radius 1 is 1.31 bits per heavy atom. The number of aromatic nitrogens is 1. The molecule has 0 saturated heterocycles. The zero-order valence-electron chi connectivity index (χ0n) is 10.6. The minimum atomic E-state index is 0.553. The second-order valence-electron chi connectivity index (χ2n) is 4.42. The molecule has 0 saturated carbocycles. The van der Waals surface area contributed by atoms with Crippen LogP contribution in [0.25, 0.3) is 0 Å². The number of ether oxygens (including phenoxy) is 2. The average molecular weight is 223 g/mol. The summed E-state index contributed by atoms with van der Waals surface area (Å²) < 4.78 is 10.6. The molecule has 3 heteroatoms. The average Bonchev–Trinajstić information content (AvgIpc) is 2.20. The van der Waals surface area contributed by atoms with E-state index in [1.807, 2.05) is 6.20 Å². The van der Waals surface area contributed by atoms with Crippen LogP contribution in [0.15, 0.2) is 12.3 Å². The van der Waals surface area contributed by atoms with E-state index in [-0.39, 0.29) is 0 Å². The molecule has 0 aliphatic carbocycles. The molecule has 0 amide bonds. The van der Waals surface area contributed by atoms with Gasteiger partial charge in [-0.05, 0) is 30.9 Å². The summed E-state index contributed by atoms with van der Waals surface area (Å²) >= 11 is 0. The van der Waals surface area contributed by atoms with Gasteiger partial charge in [-0.2, -0.15) is 0 Å².